The van der Waals surface area contributed by atoms with E-state index in [2.05, 4.69) is 22.6 Å². The van der Waals surface area contributed by atoms with Gasteiger partial charge >= 0.3 is 6.98 Å². The quantitative estimate of drug-likeness (QED) is 0.215. The monoisotopic (exact) mass is 535 g/mol. The van der Waals surface area contributed by atoms with E-state index in [-0.39, 0.29) is 12.2 Å². The van der Waals surface area contributed by atoms with Gasteiger partial charge in [-0.05, 0) is 40.9 Å². The highest BCUT2D eigenvalue weighted by Gasteiger charge is 2.33. The molecule has 2 N–H and O–H groups in total. The summed E-state index contributed by atoms with van der Waals surface area (Å²) in [6.07, 6.45) is 7.21. The van der Waals surface area contributed by atoms with Gasteiger partial charge in [0.15, 0.2) is 11.6 Å². The number of rotatable bonds is 9. The summed E-state index contributed by atoms with van der Waals surface area (Å²) in [6, 6.07) is 36.2. The van der Waals surface area contributed by atoms with Gasteiger partial charge in [-0.2, -0.15) is 9.97 Å². The standard InChI is InChI=1S/C33H26BN5O2/c1-4-11-23(12-5-1)31-35-32(24-13-6-2-7-14-24)37-33(36-31)39-34(38-25-15-8-3-9-16-25)30-26(28-19-21-40-28)17-10-18-27(30)29-20-22-41-29/h1-22,28-29,38H,(H,35,36,37,39). The fourth-order valence-electron chi connectivity index (χ4n) is 4.98. The molecule has 0 aliphatic carbocycles. The van der Waals surface area contributed by atoms with Gasteiger partial charge in [0.1, 0.15) is 12.2 Å². The summed E-state index contributed by atoms with van der Waals surface area (Å²) in [7, 11) is 0. The first-order valence-corrected chi connectivity index (χ1v) is 13.5. The maximum Gasteiger partial charge on any atom is 0.409 e. The molecule has 2 atom stereocenters. The van der Waals surface area contributed by atoms with E-state index in [1.807, 2.05) is 109 Å². The predicted octanol–water partition coefficient (Wildman–Crippen LogP) is 6.30. The van der Waals surface area contributed by atoms with Crippen molar-refractivity contribution in [3.8, 4) is 22.8 Å². The van der Waals surface area contributed by atoms with Crippen LogP contribution in [0.2, 0.25) is 0 Å². The molecule has 5 aromatic rings. The van der Waals surface area contributed by atoms with Gasteiger partial charge in [-0.3, -0.25) is 0 Å². The highest BCUT2D eigenvalue weighted by atomic mass is 16.5. The second-order valence-electron chi connectivity index (χ2n) is 9.75. The van der Waals surface area contributed by atoms with Crippen LogP contribution in [0.25, 0.3) is 22.8 Å². The van der Waals surface area contributed by atoms with Crippen LogP contribution in [-0.4, -0.2) is 21.9 Å². The predicted molar refractivity (Wildman–Crippen MR) is 162 cm³/mol. The van der Waals surface area contributed by atoms with Crippen molar-refractivity contribution in [1.82, 2.24) is 15.0 Å². The van der Waals surface area contributed by atoms with Crippen molar-refractivity contribution in [3.05, 3.63) is 145 Å². The lowest BCUT2D eigenvalue weighted by Gasteiger charge is -2.31. The van der Waals surface area contributed by atoms with Crippen molar-refractivity contribution in [3.63, 3.8) is 0 Å². The van der Waals surface area contributed by atoms with Crippen molar-refractivity contribution in [2.75, 3.05) is 10.5 Å². The molecule has 0 amide bonds. The zero-order valence-electron chi connectivity index (χ0n) is 22.1. The Hall–Kier alpha value is -5.37. The van der Waals surface area contributed by atoms with Crippen LogP contribution in [0.1, 0.15) is 23.3 Å². The van der Waals surface area contributed by atoms with Crippen LogP contribution >= 0.6 is 0 Å². The zero-order chi connectivity index (χ0) is 27.4. The van der Waals surface area contributed by atoms with E-state index in [4.69, 9.17) is 24.4 Å². The van der Waals surface area contributed by atoms with Crippen molar-refractivity contribution >= 4 is 24.1 Å². The zero-order valence-corrected chi connectivity index (χ0v) is 22.1. The van der Waals surface area contributed by atoms with Crippen molar-refractivity contribution in [1.29, 1.82) is 0 Å². The van der Waals surface area contributed by atoms with Crippen LogP contribution in [-0.2, 0) is 9.47 Å². The van der Waals surface area contributed by atoms with Gasteiger partial charge in [-0.15, -0.1) is 0 Å². The molecule has 2 aliphatic heterocycles. The molecule has 0 saturated heterocycles. The summed E-state index contributed by atoms with van der Waals surface area (Å²) in [5, 5.41) is 7.30. The molecule has 0 saturated carbocycles. The fourth-order valence-corrected chi connectivity index (χ4v) is 4.98. The molecule has 0 radical (unpaired) electrons. The van der Waals surface area contributed by atoms with Crippen LogP contribution in [0.4, 0.5) is 11.6 Å². The molecule has 0 bridgehead atoms. The molecule has 7 rings (SSSR count). The van der Waals surface area contributed by atoms with Crippen molar-refractivity contribution in [2.45, 2.75) is 12.2 Å². The Labute approximate surface area is 238 Å². The number of nitrogens with zero attached hydrogens (tertiary/aromatic N) is 3. The Balaban J connectivity index is 1.37. The van der Waals surface area contributed by atoms with E-state index in [9.17, 15) is 0 Å². The minimum absolute atomic E-state index is 0.158. The number of benzene rings is 4. The van der Waals surface area contributed by atoms with Crippen LogP contribution in [0.15, 0.2) is 134 Å². The van der Waals surface area contributed by atoms with Gasteiger partial charge in [0.25, 0.3) is 0 Å². The third-order valence-electron chi connectivity index (χ3n) is 7.09. The van der Waals surface area contributed by atoms with Gasteiger partial charge in [0, 0.05) is 16.8 Å². The van der Waals surface area contributed by atoms with Crippen LogP contribution in [0, 0.1) is 0 Å². The van der Waals surface area contributed by atoms with E-state index < -0.39 is 6.98 Å². The number of hydrogen-bond acceptors (Lipinski definition) is 7. The molecule has 198 valence electrons. The average Bonchev–Trinajstić information content (AvgIpc) is 2.97. The second kappa shape index (κ2) is 11.0. The van der Waals surface area contributed by atoms with Gasteiger partial charge in [-0.1, -0.05) is 97.1 Å². The summed E-state index contributed by atoms with van der Waals surface area (Å²) in [4.78, 5) is 14.6. The number of anilines is 2. The number of aromatic nitrogens is 3. The largest absolute Gasteiger partial charge is 0.489 e. The highest BCUT2D eigenvalue weighted by molar-refractivity contribution is 6.79. The fraction of sp³-hybridized carbons (Fsp3) is 0.0606. The Morgan fingerprint density at radius 2 is 1.02 bits per heavy atom. The first-order valence-electron chi connectivity index (χ1n) is 13.5. The van der Waals surface area contributed by atoms with E-state index in [1.165, 1.54) is 0 Å². The molecule has 2 aliphatic rings. The Bertz CT molecular complexity index is 1620. The van der Waals surface area contributed by atoms with Crippen LogP contribution in [0.3, 0.4) is 0 Å². The second-order valence-corrected chi connectivity index (χ2v) is 9.75. The lowest BCUT2D eigenvalue weighted by molar-refractivity contribution is 0.137. The first kappa shape index (κ1) is 24.7. The maximum absolute atomic E-state index is 5.81. The molecule has 7 nitrogen and oxygen atoms in total. The molecular formula is C33H26BN5O2. The molecule has 0 spiro atoms. The first-order chi connectivity index (χ1) is 20.3. The molecule has 4 aromatic carbocycles. The van der Waals surface area contributed by atoms with Gasteiger partial charge < -0.3 is 19.9 Å². The molecule has 41 heavy (non-hydrogen) atoms. The SMILES string of the molecule is C1=CC(c2cccc(C3C=CO3)c2B(Nc2ccccc2)Nc2nc(-c3ccccc3)nc(-c3ccccc3)n2)O1. The smallest absolute Gasteiger partial charge is 0.409 e. The lowest BCUT2D eigenvalue weighted by Crippen LogP contribution is -2.51. The number of hydrogen-bond donors (Lipinski definition) is 2. The van der Waals surface area contributed by atoms with Crippen LogP contribution < -0.4 is 15.9 Å². The Kier molecular flexibility index (Phi) is 6.63. The summed E-state index contributed by atoms with van der Waals surface area (Å²) < 4.78 is 11.6. The number of para-hydroxylation sites is 1. The maximum atomic E-state index is 5.81. The minimum atomic E-state index is -0.423. The average molecular weight is 535 g/mol. The Morgan fingerprint density at radius 3 is 1.49 bits per heavy atom. The molecule has 1 aromatic heterocycles. The van der Waals surface area contributed by atoms with Crippen molar-refractivity contribution < 1.29 is 9.47 Å². The third-order valence-corrected chi connectivity index (χ3v) is 7.09. The third kappa shape index (κ3) is 5.15. The summed E-state index contributed by atoms with van der Waals surface area (Å²) >= 11 is 0. The van der Waals surface area contributed by atoms with E-state index >= 15 is 0 Å². The molecule has 3 heterocycles. The summed E-state index contributed by atoms with van der Waals surface area (Å²) in [5.41, 5.74) is 5.85. The van der Waals surface area contributed by atoms with Gasteiger partial charge in [0.05, 0.1) is 12.5 Å². The number of nitrogens with one attached hydrogen (secondary N) is 2. The normalized spacial score (nSPS) is 16.5. The lowest BCUT2D eigenvalue weighted by atomic mass is 9.62. The number of ether oxygens (including phenoxy) is 2. The summed E-state index contributed by atoms with van der Waals surface area (Å²) in [5.74, 6) is 1.62. The van der Waals surface area contributed by atoms with Crippen LogP contribution in [0.5, 0.6) is 0 Å². The van der Waals surface area contributed by atoms with E-state index in [0.717, 1.165) is 33.4 Å². The summed E-state index contributed by atoms with van der Waals surface area (Å²) in [6.45, 7) is -0.423. The molecule has 8 heteroatoms. The minimum Gasteiger partial charge on any atom is -0.489 e. The molecule has 2 unspecified atom stereocenters. The Morgan fingerprint density at radius 1 is 0.537 bits per heavy atom. The van der Waals surface area contributed by atoms with Gasteiger partial charge in [0.2, 0.25) is 5.95 Å². The van der Waals surface area contributed by atoms with E-state index in [1.54, 1.807) is 12.5 Å². The highest BCUT2D eigenvalue weighted by Crippen LogP contribution is 2.31. The molecular weight excluding hydrogens is 509 g/mol. The topological polar surface area (TPSA) is 81.2 Å². The van der Waals surface area contributed by atoms with Crippen molar-refractivity contribution in [2.24, 2.45) is 0 Å². The molecule has 0 fully saturated rings. The van der Waals surface area contributed by atoms with E-state index in [0.29, 0.717) is 17.6 Å². The van der Waals surface area contributed by atoms with Gasteiger partial charge in [-0.25, -0.2) is 4.98 Å².